The summed E-state index contributed by atoms with van der Waals surface area (Å²) >= 11 is 2.35. The van der Waals surface area contributed by atoms with Gasteiger partial charge in [0.05, 0.1) is 28.4 Å². The van der Waals surface area contributed by atoms with E-state index in [1.54, 1.807) is 0 Å². The first-order valence-corrected chi connectivity index (χ1v) is 11.5. The maximum atomic E-state index is 9.55. The molecule has 0 atom stereocenters. The van der Waals surface area contributed by atoms with Crippen molar-refractivity contribution in [3.8, 4) is 5.75 Å². The molecule has 2 aromatic carbocycles. The number of hydrogen-bond donors (Lipinski definition) is 3. The molecule has 0 radical (unpaired) electrons. The molecule has 0 amide bonds. The Bertz CT molecular complexity index is 783. The second-order valence-electron chi connectivity index (χ2n) is 8.19. The van der Waals surface area contributed by atoms with E-state index in [9.17, 15) is 10.2 Å². The van der Waals surface area contributed by atoms with E-state index in [0.29, 0.717) is 6.10 Å². The van der Waals surface area contributed by atoms with E-state index in [2.05, 4.69) is 29.5 Å². The average molecular weight is 497 g/mol. The summed E-state index contributed by atoms with van der Waals surface area (Å²) in [5.41, 5.74) is 5.73. The Labute approximate surface area is 181 Å². The summed E-state index contributed by atoms with van der Waals surface area (Å²) in [6.07, 6.45) is 9.14. The van der Waals surface area contributed by atoms with Crippen LogP contribution < -0.4 is 10.5 Å². The van der Waals surface area contributed by atoms with Crippen LogP contribution in [0.4, 0.5) is 0 Å². The Kier molecular flexibility index (Phi) is 7.59. The van der Waals surface area contributed by atoms with Crippen molar-refractivity contribution in [1.82, 2.24) is 0 Å². The van der Waals surface area contributed by atoms with Crippen LogP contribution in [0.3, 0.4) is 0 Å². The van der Waals surface area contributed by atoms with Crippen molar-refractivity contribution in [3.63, 3.8) is 0 Å². The second kappa shape index (κ2) is 9.74. The van der Waals surface area contributed by atoms with E-state index in [0.717, 1.165) is 44.4 Å². The van der Waals surface area contributed by atoms with Gasteiger partial charge in [0.2, 0.25) is 0 Å². The minimum Gasteiger partial charge on any atom is -0.489 e. The molecule has 1 saturated carbocycles. The smallest absolute Gasteiger partial charge is 0.133 e. The van der Waals surface area contributed by atoms with Gasteiger partial charge in [-0.05, 0) is 82.7 Å². The standard InChI is InChI=1S/C23H32INO3/c1-2-3-4-16-5-9-19(10-6-16)28-21-12-7-17-13-18(23(25,14-26)15-27)8-11-20(17)22(21)24/h7-8,11-13,16,19,26-27H,2-6,9-10,14-15,25H2,1H3/t16-,19+. The molecule has 28 heavy (non-hydrogen) atoms. The Morgan fingerprint density at radius 2 is 1.82 bits per heavy atom. The van der Waals surface area contributed by atoms with Crippen LogP contribution in [0.1, 0.15) is 57.4 Å². The van der Waals surface area contributed by atoms with Gasteiger partial charge in [-0.15, -0.1) is 0 Å². The quantitative estimate of drug-likeness (QED) is 0.462. The molecule has 3 rings (SSSR count). The normalized spacial score (nSPS) is 20.5. The van der Waals surface area contributed by atoms with E-state index in [1.165, 1.54) is 32.1 Å². The van der Waals surface area contributed by atoms with Crippen molar-refractivity contribution in [1.29, 1.82) is 0 Å². The molecule has 5 heteroatoms. The fraction of sp³-hybridized carbons (Fsp3) is 0.565. The lowest BCUT2D eigenvalue weighted by Gasteiger charge is -2.29. The summed E-state index contributed by atoms with van der Waals surface area (Å²) in [4.78, 5) is 0. The predicted octanol–water partition coefficient (Wildman–Crippen LogP) is 4.71. The van der Waals surface area contributed by atoms with Gasteiger partial charge in [-0.2, -0.15) is 0 Å². The largest absolute Gasteiger partial charge is 0.489 e. The molecule has 0 heterocycles. The minimum atomic E-state index is -1.12. The molecule has 4 nitrogen and oxygen atoms in total. The van der Waals surface area contributed by atoms with E-state index in [1.807, 2.05) is 30.3 Å². The van der Waals surface area contributed by atoms with Crippen molar-refractivity contribution >= 4 is 33.4 Å². The summed E-state index contributed by atoms with van der Waals surface area (Å²) in [6.45, 7) is 1.67. The Morgan fingerprint density at radius 3 is 2.46 bits per heavy atom. The van der Waals surface area contributed by atoms with Gasteiger partial charge >= 0.3 is 0 Å². The maximum absolute atomic E-state index is 9.55. The van der Waals surface area contributed by atoms with E-state index in [-0.39, 0.29) is 13.2 Å². The molecular formula is C23H32INO3. The van der Waals surface area contributed by atoms with Crippen LogP contribution in [0.5, 0.6) is 5.75 Å². The van der Waals surface area contributed by atoms with Crippen LogP contribution >= 0.6 is 22.6 Å². The third-order valence-electron chi connectivity index (χ3n) is 6.11. The average Bonchev–Trinajstić information content (AvgIpc) is 2.74. The molecule has 0 aromatic heterocycles. The fourth-order valence-corrected chi connectivity index (χ4v) is 4.91. The van der Waals surface area contributed by atoms with Gasteiger partial charge in [0.15, 0.2) is 0 Å². The molecule has 4 N–H and O–H groups in total. The van der Waals surface area contributed by atoms with Crippen molar-refractivity contribution in [2.45, 2.75) is 63.5 Å². The van der Waals surface area contributed by atoms with Crippen molar-refractivity contribution in [3.05, 3.63) is 39.5 Å². The van der Waals surface area contributed by atoms with Gasteiger partial charge in [-0.1, -0.05) is 44.4 Å². The first-order valence-electron chi connectivity index (χ1n) is 10.4. The lowest BCUT2D eigenvalue weighted by Crippen LogP contribution is -2.44. The van der Waals surface area contributed by atoms with Gasteiger partial charge in [-0.25, -0.2) is 0 Å². The Balaban J connectivity index is 1.73. The molecule has 1 aliphatic rings. The number of hydrogen-bond acceptors (Lipinski definition) is 4. The number of unbranched alkanes of at least 4 members (excludes halogenated alkanes) is 1. The zero-order valence-corrected chi connectivity index (χ0v) is 18.8. The SMILES string of the molecule is CCCC[C@H]1CC[C@@H](Oc2ccc3cc(C(N)(CO)CO)ccc3c2I)CC1. The number of fused-ring (bicyclic) bond motifs is 1. The molecule has 2 aromatic rings. The highest BCUT2D eigenvalue weighted by Crippen LogP contribution is 2.35. The minimum absolute atomic E-state index is 0.297. The highest BCUT2D eigenvalue weighted by Gasteiger charge is 2.26. The molecule has 1 aliphatic carbocycles. The highest BCUT2D eigenvalue weighted by molar-refractivity contribution is 14.1. The van der Waals surface area contributed by atoms with Crippen LogP contribution in [0.2, 0.25) is 0 Å². The van der Waals surface area contributed by atoms with Crippen molar-refractivity contribution in [2.24, 2.45) is 11.7 Å². The van der Waals surface area contributed by atoms with Crippen LogP contribution in [-0.2, 0) is 5.54 Å². The van der Waals surface area contributed by atoms with Gasteiger partial charge < -0.3 is 20.7 Å². The number of halogens is 1. The van der Waals surface area contributed by atoms with Crippen LogP contribution in [0, 0.1) is 9.49 Å². The van der Waals surface area contributed by atoms with Crippen LogP contribution in [0.15, 0.2) is 30.3 Å². The Morgan fingerprint density at radius 1 is 1.11 bits per heavy atom. The molecule has 0 spiro atoms. The van der Waals surface area contributed by atoms with Gasteiger partial charge in [0, 0.05) is 0 Å². The third kappa shape index (κ3) is 4.81. The summed E-state index contributed by atoms with van der Waals surface area (Å²) in [6, 6.07) is 9.92. The van der Waals surface area contributed by atoms with Crippen LogP contribution in [-0.4, -0.2) is 29.5 Å². The molecule has 0 unspecified atom stereocenters. The first-order chi connectivity index (χ1) is 13.5. The first kappa shape index (κ1) is 21.8. The molecule has 154 valence electrons. The lowest BCUT2D eigenvalue weighted by molar-refractivity contribution is 0.121. The Hall–Kier alpha value is -0.890. The van der Waals surface area contributed by atoms with E-state index < -0.39 is 5.54 Å². The summed E-state index contributed by atoms with van der Waals surface area (Å²) in [7, 11) is 0. The predicted molar refractivity (Wildman–Crippen MR) is 123 cm³/mol. The third-order valence-corrected chi connectivity index (χ3v) is 7.22. The fourth-order valence-electron chi connectivity index (χ4n) is 4.12. The second-order valence-corrected chi connectivity index (χ2v) is 9.27. The molecule has 0 bridgehead atoms. The zero-order valence-electron chi connectivity index (χ0n) is 16.7. The number of ether oxygens (including phenoxy) is 1. The summed E-state index contributed by atoms with van der Waals surface area (Å²) in [5, 5.41) is 21.2. The van der Waals surface area contributed by atoms with Crippen molar-refractivity contribution in [2.75, 3.05) is 13.2 Å². The van der Waals surface area contributed by atoms with E-state index in [4.69, 9.17) is 10.5 Å². The maximum Gasteiger partial charge on any atom is 0.133 e. The monoisotopic (exact) mass is 497 g/mol. The van der Waals surface area contributed by atoms with Gasteiger partial charge in [-0.3, -0.25) is 0 Å². The van der Waals surface area contributed by atoms with Crippen molar-refractivity contribution < 1.29 is 14.9 Å². The summed E-state index contributed by atoms with van der Waals surface area (Å²) in [5.74, 6) is 1.82. The zero-order chi connectivity index (χ0) is 20.1. The lowest BCUT2D eigenvalue weighted by atomic mass is 9.84. The van der Waals surface area contributed by atoms with Crippen LogP contribution in [0.25, 0.3) is 10.8 Å². The summed E-state index contributed by atoms with van der Waals surface area (Å²) < 4.78 is 7.48. The van der Waals surface area contributed by atoms with Gasteiger partial charge in [0.1, 0.15) is 5.75 Å². The topological polar surface area (TPSA) is 75.7 Å². The number of aliphatic hydroxyl groups is 2. The number of nitrogens with two attached hydrogens (primary N) is 1. The molecular weight excluding hydrogens is 465 g/mol. The van der Waals surface area contributed by atoms with E-state index >= 15 is 0 Å². The molecule has 1 fully saturated rings. The number of benzene rings is 2. The number of rotatable bonds is 8. The molecule has 0 aliphatic heterocycles. The van der Waals surface area contributed by atoms with Gasteiger partial charge in [0.25, 0.3) is 0 Å². The molecule has 0 saturated heterocycles. The number of aliphatic hydroxyl groups excluding tert-OH is 2. The highest BCUT2D eigenvalue weighted by atomic mass is 127.